The number of carboxylic acids is 1. The highest BCUT2D eigenvalue weighted by Crippen LogP contribution is 2.10. The molecule has 8 heteroatoms. The highest BCUT2D eigenvalue weighted by atomic mass is 32.2. The van der Waals surface area contributed by atoms with Crippen LogP contribution in [0.3, 0.4) is 0 Å². The molecule has 0 bridgehead atoms. The van der Waals surface area contributed by atoms with Gasteiger partial charge in [0.2, 0.25) is 0 Å². The predicted molar refractivity (Wildman–Crippen MR) is 74.4 cm³/mol. The van der Waals surface area contributed by atoms with E-state index in [4.69, 9.17) is 5.11 Å². The molecule has 0 radical (unpaired) electrons. The summed E-state index contributed by atoms with van der Waals surface area (Å²) in [5.74, 6) is -1.15. The van der Waals surface area contributed by atoms with Crippen molar-refractivity contribution in [2.24, 2.45) is 0 Å². The van der Waals surface area contributed by atoms with Gasteiger partial charge >= 0.3 is 5.97 Å². The number of aromatic nitrogens is 1. The Morgan fingerprint density at radius 2 is 2.15 bits per heavy atom. The molecule has 0 aromatic carbocycles. The van der Waals surface area contributed by atoms with Crippen molar-refractivity contribution in [3.05, 3.63) is 46.3 Å². The summed E-state index contributed by atoms with van der Waals surface area (Å²) in [4.78, 5) is 15.4. The lowest BCUT2D eigenvalue weighted by molar-refractivity contribution is 0.0696. The molecule has 0 fully saturated rings. The molecule has 20 heavy (non-hydrogen) atoms. The van der Waals surface area contributed by atoms with Crippen LogP contribution in [0.25, 0.3) is 0 Å². The fourth-order valence-electron chi connectivity index (χ4n) is 1.50. The van der Waals surface area contributed by atoms with E-state index in [1.165, 1.54) is 12.1 Å². The maximum absolute atomic E-state index is 11.9. The molecule has 106 valence electrons. The predicted octanol–water partition coefficient (Wildman–Crippen LogP) is 1.36. The van der Waals surface area contributed by atoms with E-state index in [2.05, 4.69) is 9.71 Å². The second-order valence-corrected chi connectivity index (χ2v) is 6.66. The Bertz CT molecular complexity index is 679. The van der Waals surface area contributed by atoms with Gasteiger partial charge in [0, 0.05) is 17.6 Å². The van der Waals surface area contributed by atoms with Crippen LogP contribution in [-0.2, 0) is 16.4 Å². The second kappa shape index (κ2) is 6.12. The van der Waals surface area contributed by atoms with E-state index in [9.17, 15) is 13.2 Å². The van der Waals surface area contributed by atoms with Crippen molar-refractivity contribution in [1.82, 2.24) is 9.71 Å². The maximum atomic E-state index is 11.9. The topological polar surface area (TPSA) is 96.4 Å². The molecule has 2 aromatic heterocycles. The Hall–Kier alpha value is -1.77. The van der Waals surface area contributed by atoms with Gasteiger partial charge in [-0.1, -0.05) is 6.07 Å². The first kappa shape index (κ1) is 14.6. The fraction of sp³-hybridized carbons (Fsp3) is 0.167. The average molecular weight is 312 g/mol. The minimum Gasteiger partial charge on any atom is -0.478 e. The lowest BCUT2D eigenvalue weighted by Gasteiger charge is -2.05. The van der Waals surface area contributed by atoms with Crippen LogP contribution in [0, 0.1) is 0 Å². The summed E-state index contributed by atoms with van der Waals surface area (Å²) in [6.07, 6.45) is 1.63. The molecule has 0 spiro atoms. The lowest BCUT2D eigenvalue weighted by Crippen LogP contribution is -2.26. The fourth-order valence-corrected chi connectivity index (χ4v) is 3.17. The van der Waals surface area contributed by atoms with Gasteiger partial charge in [0.05, 0.1) is 5.56 Å². The van der Waals surface area contributed by atoms with E-state index in [1.54, 1.807) is 11.3 Å². The summed E-state index contributed by atoms with van der Waals surface area (Å²) < 4.78 is 26.3. The molecule has 2 rings (SSSR count). The molecule has 0 saturated carbocycles. The smallest absolute Gasteiger partial charge is 0.337 e. The zero-order chi connectivity index (χ0) is 14.6. The zero-order valence-corrected chi connectivity index (χ0v) is 11.9. The van der Waals surface area contributed by atoms with Gasteiger partial charge in [-0.25, -0.2) is 22.9 Å². The first-order valence-corrected chi connectivity index (χ1v) is 8.07. The molecule has 0 aliphatic carbocycles. The van der Waals surface area contributed by atoms with E-state index in [0.29, 0.717) is 6.42 Å². The number of sulfonamides is 1. The van der Waals surface area contributed by atoms with Crippen molar-refractivity contribution in [3.8, 4) is 0 Å². The summed E-state index contributed by atoms with van der Waals surface area (Å²) in [6.45, 7) is 0.269. The Kier molecular flexibility index (Phi) is 4.48. The van der Waals surface area contributed by atoms with Crippen LogP contribution in [0.5, 0.6) is 0 Å². The van der Waals surface area contributed by atoms with Gasteiger partial charge < -0.3 is 5.11 Å². The largest absolute Gasteiger partial charge is 0.478 e. The van der Waals surface area contributed by atoms with Crippen LogP contribution >= 0.6 is 11.3 Å². The third-order valence-electron chi connectivity index (χ3n) is 2.50. The molecule has 6 nitrogen and oxygen atoms in total. The zero-order valence-electron chi connectivity index (χ0n) is 10.3. The molecule has 2 aromatic rings. The number of hydrogen-bond acceptors (Lipinski definition) is 5. The van der Waals surface area contributed by atoms with E-state index in [0.717, 1.165) is 11.1 Å². The van der Waals surface area contributed by atoms with Crippen molar-refractivity contribution < 1.29 is 18.3 Å². The van der Waals surface area contributed by atoms with Gasteiger partial charge in [0.15, 0.2) is 5.03 Å². The van der Waals surface area contributed by atoms with Crippen molar-refractivity contribution in [3.63, 3.8) is 0 Å². The van der Waals surface area contributed by atoms with Gasteiger partial charge in [-0.3, -0.25) is 0 Å². The number of rotatable bonds is 6. The number of nitrogens with one attached hydrogen (secondary N) is 1. The third kappa shape index (κ3) is 3.62. The van der Waals surface area contributed by atoms with Gasteiger partial charge in [-0.2, -0.15) is 0 Å². The molecule has 0 aliphatic rings. The highest BCUT2D eigenvalue weighted by Gasteiger charge is 2.15. The summed E-state index contributed by atoms with van der Waals surface area (Å²) in [7, 11) is -3.71. The van der Waals surface area contributed by atoms with Crippen LogP contribution in [-0.4, -0.2) is 31.0 Å². The number of aromatic carboxylic acids is 1. The monoisotopic (exact) mass is 312 g/mol. The molecule has 0 atom stereocenters. The van der Waals surface area contributed by atoms with Gasteiger partial charge in [0.25, 0.3) is 10.0 Å². The van der Waals surface area contributed by atoms with Gasteiger partial charge in [0.1, 0.15) is 0 Å². The Labute approximate surface area is 120 Å². The van der Waals surface area contributed by atoms with Crippen molar-refractivity contribution in [2.45, 2.75) is 11.4 Å². The molecule has 0 aliphatic heterocycles. The number of pyridine rings is 1. The highest BCUT2D eigenvalue weighted by molar-refractivity contribution is 7.89. The van der Waals surface area contributed by atoms with Gasteiger partial charge in [-0.05, 0) is 30.0 Å². The maximum Gasteiger partial charge on any atom is 0.337 e. The Morgan fingerprint density at radius 3 is 2.70 bits per heavy atom. The van der Waals surface area contributed by atoms with Crippen LogP contribution in [0.2, 0.25) is 0 Å². The van der Waals surface area contributed by atoms with Crippen LogP contribution in [0.1, 0.15) is 15.2 Å². The minimum atomic E-state index is -3.71. The van der Waals surface area contributed by atoms with Crippen molar-refractivity contribution in [2.75, 3.05) is 6.54 Å². The van der Waals surface area contributed by atoms with Crippen LogP contribution < -0.4 is 4.72 Å². The molecule has 0 amide bonds. The van der Waals surface area contributed by atoms with Crippen LogP contribution in [0.4, 0.5) is 0 Å². The van der Waals surface area contributed by atoms with Crippen molar-refractivity contribution in [1.29, 1.82) is 0 Å². The second-order valence-electron chi connectivity index (χ2n) is 3.92. The Balaban J connectivity index is 2.00. The SMILES string of the molecule is O=C(O)c1ccc(S(=O)(=O)NCCc2cccs2)nc1. The lowest BCUT2D eigenvalue weighted by atomic mass is 10.3. The summed E-state index contributed by atoms with van der Waals surface area (Å²) >= 11 is 1.56. The van der Waals surface area contributed by atoms with E-state index in [1.807, 2.05) is 17.5 Å². The third-order valence-corrected chi connectivity index (χ3v) is 4.81. The normalized spacial score (nSPS) is 11.4. The molecule has 2 N–H and O–H groups in total. The average Bonchev–Trinajstić information content (AvgIpc) is 2.92. The number of thiophene rings is 1. The number of carboxylic acid groups (broad SMARTS) is 1. The van der Waals surface area contributed by atoms with Crippen LogP contribution in [0.15, 0.2) is 40.9 Å². The van der Waals surface area contributed by atoms with E-state index < -0.39 is 16.0 Å². The quantitative estimate of drug-likeness (QED) is 0.839. The standard InChI is InChI=1S/C12H12N2O4S2/c15-12(16)9-3-4-11(13-8-9)20(17,18)14-6-5-10-2-1-7-19-10/h1-4,7-8,14H,5-6H2,(H,15,16). The molecule has 0 unspecified atom stereocenters. The van der Waals surface area contributed by atoms with Crippen molar-refractivity contribution >= 4 is 27.3 Å². The molecular weight excluding hydrogens is 300 g/mol. The van der Waals surface area contributed by atoms with E-state index >= 15 is 0 Å². The molecule has 0 saturated heterocycles. The minimum absolute atomic E-state index is 0.0532. The molecule has 2 heterocycles. The first-order valence-electron chi connectivity index (χ1n) is 5.70. The first-order chi connectivity index (χ1) is 9.49. The number of nitrogens with zero attached hydrogens (tertiary/aromatic N) is 1. The summed E-state index contributed by atoms with van der Waals surface area (Å²) in [5.41, 5.74) is -0.0532. The number of hydrogen-bond donors (Lipinski definition) is 2. The molecular formula is C12H12N2O4S2. The summed E-state index contributed by atoms with van der Waals surface area (Å²) in [6, 6.07) is 6.22. The Morgan fingerprint density at radius 1 is 1.35 bits per heavy atom. The van der Waals surface area contributed by atoms with E-state index in [-0.39, 0.29) is 17.1 Å². The summed E-state index contributed by atoms with van der Waals surface area (Å²) in [5, 5.41) is 10.5. The number of carbonyl (C=O) groups is 1. The van der Waals surface area contributed by atoms with Gasteiger partial charge in [-0.15, -0.1) is 11.3 Å².